The summed E-state index contributed by atoms with van der Waals surface area (Å²) in [6.45, 7) is 24.7. The number of hydrogen-bond donors (Lipinski definition) is 0. The highest BCUT2D eigenvalue weighted by atomic mass is 16.5. The van der Waals surface area contributed by atoms with Crippen molar-refractivity contribution >= 4 is 0 Å². The molecule has 0 aliphatic carbocycles. The first-order valence-electron chi connectivity index (χ1n) is 25.1. The van der Waals surface area contributed by atoms with Crippen molar-refractivity contribution in [1.82, 2.24) is 19.6 Å². The largest absolute Gasteiger partial charge is 0.370 e. The van der Waals surface area contributed by atoms with Gasteiger partial charge in [-0.05, 0) is 86.7 Å². The van der Waals surface area contributed by atoms with E-state index in [9.17, 15) is 0 Å². The van der Waals surface area contributed by atoms with Gasteiger partial charge < -0.3 is 50.8 Å². The molecule has 4 fully saturated rings. The van der Waals surface area contributed by atoms with Crippen molar-refractivity contribution in [3.05, 3.63) is 0 Å². The zero-order valence-corrected chi connectivity index (χ0v) is 47.1. The highest BCUT2D eigenvalue weighted by Gasteiger charge is 2.30. The fourth-order valence-electron chi connectivity index (χ4n) is 7.05. The zero-order chi connectivity index (χ0) is 48.3. The van der Waals surface area contributed by atoms with Crippen LogP contribution >= 0.6 is 0 Å². The maximum absolute atomic E-state index is 5.19. The van der Waals surface area contributed by atoms with E-state index in [4.69, 9.17) is 4.74 Å². The van der Waals surface area contributed by atoms with Gasteiger partial charge in [-0.3, -0.25) is 4.90 Å². The average Bonchev–Trinajstić information content (AvgIpc) is 3.12. The molecule has 4 rings (SSSR count). The van der Waals surface area contributed by atoms with Crippen LogP contribution in [0.4, 0.5) is 0 Å². The second-order valence-electron chi connectivity index (χ2n) is 25.7. The van der Waals surface area contributed by atoms with E-state index in [-0.39, 0.29) is 89.1 Å². The summed E-state index contributed by atoms with van der Waals surface area (Å²) < 4.78 is 13.3. The van der Waals surface area contributed by atoms with E-state index < -0.39 is 0 Å². The van der Waals surface area contributed by atoms with Crippen molar-refractivity contribution in [2.75, 3.05) is 286 Å². The van der Waals surface area contributed by atoms with Crippen LogP contribution in [0.5, 0.6) is 0 Å². The molecular weight excluding hydrogens is 915 g/mol. The monoisotopic (exact) mass is 1090 g/mol. The number of rotatable bonds is 14. The fourth-order valence-corrected chi connectivity index (χ4v) is 7.05. The molecule has 4 aliphatic heterocycles. The molecule has 4 heterocycles. The van der Waals surface area contributed by atoms with Crippen molar-refractivity contribution in [1.29, 1.82) is 0 Å². The molecule has 0 unspecified atom stereocenters. The van der Waals surface area contributed by atoms with E-state index in [2.05, 4.69) is 175 Å². The Bertz CT molecular complexity index is 982. The van der Waals surface area contributed by atoms with E-state index in [0.717, 1.165) is 31.1 Å². The Morgan fingerprint density at radius 2 is 0.541 bits per heavy atom. The maximum atomic E-state index is 5.19. The summed E-state index contributed by atoms with van der Waals surface area (Å²) in [6, 6.07) is 0. The summed E-state index contributed by atoms with van der Waals surface area (Å²) in [5, 5.41) is 0. The number of likely N-dealkylation sites (N-methyl/N-ethyl adjacent to an activating group) is 7. The van der Waals surface area contributed by atoms with Crippen molar-refractivity contribution in [2.24, 2.45) is 0 Å². The smallest absolute Gasteiger partial charge is 0.128 e. The Morgan fingerprint density at radius 3 is 0.743 bits per heavy atom. The molecular formula is C62H170N11O+7. The van der Waals surface area contributed by atoms with Crippen molar-refractivity contribution < 1.29 is 36.1 Å². The number of quaternary nitrogens is 7. The summed E-state index contributed by atoms with van der Waals surface area (Å²) in [4.78, 5) is 9.38. The van der Waals surface area contributed by atoms with Gasteiger partial charge in [0, 0.05) is 39.3 Å². The molecule has 0 amide bonds. The van der Waals surface area contributed by atoms with Crippen molar-refractivity contribution in [3.63, 3.8) is 0 Å². The van der Waals surface area contributed by atoms with Gasteiger partial charge in [0.1, 0.15) is 39.3 Å². The van der Waals surface area contributed by atoms with Crippen LogP contribution in [0.1, 0.15) is 140 Å². The lowest BCUT2D eigenvalue weighted by Gasteiger charge is -2.42. The van der Waals surface area contributed by atoms with Crippen LogP contribution in [0.3, 0.4) is 0 Å². The molecule has 472 valence electrons. The highest BCUT2D eigenvalue weighted by molar-refractivity contribution is 4.64. The number of hydrogen-bond acceptors (Lipinski definition) is 5. The van der Waals surface area contributed by atoms with Gasteiger partial charge in [0.15, 0.2) is 0 Å². The molecule has 0 spiro atoms. The van der Waals surface area contributed by atoms with Crippen molar-refractivity contribution in [2.45, 2.75) is 140 Å². The van der Waals surface area contributed by atoms with Gasteiger partial charge in [-0.1, -0.05) is 95.5 Å². The molecule has 0 atom stereocenters. The first-order valence-corrected chi connectivity index (χ1v) is 25.1. The van der Waals surface area contributed by atoms with E-state index >= 15 is 0 Å². The maximum Gasteiger partial charge on any atom is 0.128 e. The molecule has 0 aromatic rings. The van der Waals surface area contributed by atoms with Gasteiger partial charge in [0.2, 0.25) is 0 Å². The number of nitrogens with zero attached hydrogens (tertiary/aromatic N) is 11. The second-order valence-corrected chi connectivity index (χ2v) is 25.7. The molecule has 0 aromatic carbocycles. The standard InChI is InChI=1S/C12H30N2.C11H27N2.C8H20N2.C7H17N2.C6H14N2.C6H14NO.12CH4/c1-13(2,3)11-9-7-8-10-12-14(4,5)6;1-12(2)10-8-6-7-9-11-13(3,4)5;1-9(2)5-7-10(3,4)8-6-9;1-8-4-6-9(2,3)7-5-8;1-7-3-5-8(2)6-4-7;1-7(2)3-5-8-6-4-7;;;;;;;;;;;;/h7-12H2,1-6H3;6-11H2,1-5H3;5-8H2,1-4H3;4-7H2,1-3H3;2*3-6H2,1-2H3;12*1H4/q+2;+1;+2;+1;;+1;;;;;;;;;;;;. The predicted molar refractivity (Wildman–Crippen MR) is 356 cm³/mol. The van der Waals surface area contributed by atoms with E-state index in [1.807, 2.05) is 0 Å². The molecule has 0 saturated carbocycles. The lowest BCUT2D eigenvalue weighted by atomic mass is 10.1. The highest BCUT2D eigenvalue weighted by Crippen LogP contribution is 2.10. The normalized spacial score (nSPS) is 18.0. The molecule has 4 aliphatic rings. The quantitative estimate of drug-likeness (QED) is 0.127. The fraction of sp³-hybridized carbons (Fsp3) is 1.00. The Hall–Kier alpha value is -0.480. The molecule has 74 heavy (non-hydrogen) atoms. The average molecular weight is 1090 g/mol. The van der Waals surface area contributed by atoms with E-state index in [0.29, 0.717) is 0 Å². The summed E-state index contributed by atoms with van der Waals surface area (Å²) >= 11 is 0. The van der Waals surface area contributed by atoms with Crippen LogP contribution in [0, 0.1) is 0 Å². The Labute approximate surface area is 480 Å². The molecule has 0 N–H and O–H groups in total. The van der Waals surface area contributed by atoms with Crippen LogP contribution in [0.15, 0.2) is 0 Å². The molecule has 12 heteroatoms. The van der Waals surface area contributed by atoms with Gasteiger partial charge in [0.05, 0.1) is 166 Å². The van der Waals surface area contributed by atoms with E-state index in [1.54, 1.807) is 0 Å². The number of morpholine rings is 1. The lowest BCUT2D eigenvalue weighted by molar-refractivity contribution is -0.998. The van der Waals surface area contributed by atoms with Crippen LogP contribution in [0.25, 0.3) is 0 Å². The van der Waals surface area contributed by atoms with Crippen LogP contribution in [-0.2, 0) is 4.74 Å². The second kappa shape index (κ2) is 54.5. The zero-order valence-electron chi connectivity index (χ0n) is 47.1. The Kier molecular flexibility index (Phi) is 80.3. The van der Waals surface area contributed by atoms with Gasteiger partial charge in [-0.25, -0.2) is 0 Å². The number of unbranched alkanes of at least 4 members (excludes halogenated alkanes) is 6. The molecule has 12 nitrogen and oxygen atoms in total. The lowest BCUT2D eigenvalue weighted by Crippen LogP contribution is -2.60. The van der Waals surface area contributed by atoms with E-state index in [1.165, 1.54) is 183 Å². The number of piperazine rings is 3. The Balaban J connectivity index is -0.0000000475. The number of ether oxygens (including phenoxy) is 1. The van der Waals surface area contributed by atoms with Crippen LogP contribution in [-0.4, -0.2) is 337 Å². The van der Waals surface area contributed by atoms with Gasteiger partial charge in [-0.2, -0.15) is 0 Å². The van der Waals surface area contributed by atoms with Crippen LogP contribution in [0.2, 0.25) is 0 Å². The summed E-state index contributed by atoms with van der Waals surface area (Å²) in [6.07, 6.45) is 11.1. The van der Waals surface area contributed by atoms with Crippen LogP contribution < -0.4 is 0 Å². The van der Waals surface area contributed by atoms with Gasteiger partial charge >= 0.3 is 0 Å². The first kappa shape index (κ1) is 109. The SMILES string of the molecule is C.C.C.C.C.C.C.C.C.C.C.C.CN(C)CCCCCC[N+](C)(C)C.CN1CCN(C)CC1.CN1CC[N+](C)(C)CC1.C[N+](C)(C)CCCCCC[N+](C)(C)C.C[N+]1(C)CCOCC1.C[N+]1(C)CC[N+](C)(C)CC1. The summed E-state index contributed by atoms with van der Waals surface area (Å²) in [7, 11) is 49.6. The minimum absolute atomic E-state index is 0. The first-order chi connectivity index (χ1) is 28.1. The Morgan fingerprint density at radius 1 is 0.324 bits per heavy atom. The minimum Gasteiger partial charge on any atom is -0.370 e. The summed E-state index contributed by atoms with van der Waals surface area (Å²) in [5.41, 5.74) is 0. The molecule has 0 bridgehead atoms. The topological polar surface area (TPSA) is 22.2 Å². The van der Waals surface area contributed by atoms with Crippen molar-refractivity contribution in [3.8, 4) is 0 Å². The molecule has 0 radical (unpaired) electrons. The molecule has 4 saturated heterocycles. The third-order valence-corrected chi connectivity index (χ3v) is 12.8. The van der Waals surface area contributed by atoms with Gasteiger partial charge in [-0.15, -0.1) is 0 Å². The third-order valence-electron chi connectivity index (χ3n) is 12.8. The molecule has 0 aromatic heterocycles. The van der Waals surface area contributed by atoms with Gasteiger partial charge in [0.25, 0.3) is 0 Å². The summed E-state index contributed by atoms with van der Waals surface area (Å²) in [5.74, 6) is 0. The minimum atomic E-state index is 0. The predicted octanol–water partition coefficient (Wildman–Crippen LogP) is 11.5. The third kappa shape index (κ3) is 80.4.